The zero-order valence-electron chi connectivity index (χ0n) is 11.7. The Labute approximate surface area is 120 Å². The molecule has 1 heterocycles. The number of sulfonamides is 1. The second kappa shape index (κ2) is 6.43. The largest absolute Gasteiger partial charge is 0.399 e. The van der Waals surface area contributed by atoms with Crippen LogP contribution < -0.4 is 10.6 Å². The van der Waals surface area contributed by atoms with E-state index < -0.39 is 10.0 Å². The van der Waals surface area contributed by atoms with Crippen LogP contribution in [0, 0.1) is 0 Å². The topological polar surface area (TPSA) is 75.9 Å². The molecular formula is C13H21N3O3S. The lowest BCUT2D eigenvalue weighted by molar-refractivity contribution is 0.215. The first-order chi connectivity index (χ1) is 9.53. The van der Waals surface area contributed by atoms with Crippen molar-refractivity contribution in [2.45, 2.75) is 0 Å². The second-order valence-corrected chi connectivity index (χ2v) is 6.88. The number of hydrogen-bond acceptors (Lipinski definition) is 5. The van der Waals surface area contributed by atoms with E-state index in [1.54, 1.807) is 0 Å². The average Bonchev–Trinajstić information content (AvgIpc) is 2.45. The number of piperazine rings is 1. The number of nitrogen functional groups attached to an aromatic ring is 1. The van der Waals surface area contributed by atoms with E-state index in [9.17, 15) is 8.42 Å². The van der Waals surface area contributed by atoms with Crippen molar-refractivity contribution in [1.29, 1.82) is 0 Å². The monoisotopic (exact) mass is 299 g/mol. The molecule has 0 aliphatic carbocycles. The molecule has 2 N–H and O–H groups in total. The summed E-state index contributed by atoms with van der Waals surface area (Å²) in [5.74, 6) is 0.0434. The zero-order chi connectivity index (χ0) is 14.6. The number of nitrogens with two attached hydrogens (primary N) is 1. The maximum Gasteiger partial charge on any atom is 0.216 e. The molecule has 0 atom stereocenters. The molecule has 0 saturated carbocycles. The van der Waals surface area contributed by atoms with Crippen LogP contribution in [0.15, 0.2) is 24.3 Å². The molecule has 1 aliphatic rings. The lowest BCUT2D eigenvalue weighted by Crippen LogP contribution is -2.49. The number of methoxy groups -OCH3 is 1. The number of anilines is 2. The van der Waals surface area contributed by atoms with Gasteiger partial charge in [0.2, 0.25) is 10.0 Å². The summed E-state index contributed by atoms with van der Waals surface area (Å²) in [5, 5.41) is 0. The smallest absolute Gasteiger partial charge is 0.216 e. The van der Waals surface area contributed by atoms with Crippen LogP contribution in [0.2, 0.25) is 0 Å². The summed E-state index contributed by atoms with van der Waals surface area (Å²) in [7, 11) is -1.70. The van der Waals surface area contributed by atoms with Crippen LogP contribution in [-0.2, 0) is 14.8 Å². The molecule has 0 spiro atoms. The third-order valence-electron chi connectivity index (χ3n) is 3.41. The first-order valence-corrected chi connectivity index (χ1v) is 8.21. The Kier molecular flexibility index (Phi) is 4.85. The highest BCUT2D eigenvalue weighted by Crippen LogP contribution is 2.20. The normalized spacial score (nSPS) is 17.4. The summed E-state index contributed by atoms with van der Waals surface area (Å²) >= 11 is 0. The Morgan fingerprint density at radius 2 is 1.95 bits per heavy atom. The van der Waals surface area contributed by atoms with Crippen molar-refractivity contribution in [3.63, 3.8) is 0 Å². The van der Waals surface area contributed by atoms with E-state index in [0.717, 1.165) is 11.4 Å². The number of hydrogen-bond donors (Lipinski definition) is 1. The van der Waals surface area contributed by atoms with Gasteiger partial charge < -0.3 is 15.4 Å². The van der Waals surface area contributed by atoms with Gasteiger partial charge in [0.05, 0.1) is 12.4 Å². The predicted molar refractivity (Wildman–Crippen MR) is 80.3 cm³/mol. The Morgan fingerprint density at radius 1 is 1.25 bits per heavy atom. The van der Waals surface area contributed by atoms with E-state index in [2.05, 4.69) is 4.90 Å². The van der Waals surface area contributed by atoms with Gasteiger partial charge in [-0.1, -0.05) is 6.07 Å². The predicted octanol–water partition coefficient (Wildman–Crippen LogP) is 0.367. The third kappa shape index (κ3) is 3.62. The van der Waals surface area contributed by atoms with Crippen molar-refractivity contribution in [3.05, 3.63) is 24.3 Å². The summed E-state index contributed by atoms with van der Waals surface area (Å²) < 4.78 is 30.5. The molecule has 6 nitrogen and oxygen atoms in total. The Hall–Kier alpha value is -1.31. The maximum atomic E-state index is 12.0. The van der Waals surface area contributed by atoms with E-state index in [4.69, 9.17) is 10.5 Å². The maximum absolute atomic E-state index is 12.0. The molecule has 0 amide bonds. The van der Waals surface area contributed by atoms with Gasteiger partial charge in [0.15, 0.2) is 0 Å². The van der Waals surface area contributed by atoms with Crippen LogP contribution in [0.3, 0.4) is 0 Å². The van der Waals surface area contributed by atoms with Gasteiger partial charge in [0.25, 0.3) is 0 Å². The van der Waals surface area contributed by atoms with Gasteiger partial charge in [-0.3, -0.25) is 0 Å². The Balaban J connectivity index is 1.95. The number of nitrogens with zero attached hydrogens (tertiary/aromatic N) is 2. The van der Waals surface area contributed by atoms with E-state index in [1.807, 2.05) is 24.3 Å². The van der Waals surface area contributed by atoms with Crippen molar-refractivity contribution >= 4 is 21.4 Å². The molecule has 2 rings (SSSR count). The van der Waals surface area contributed by atoms with Gasteiger partial charge in [-0.25, -0.2) is 8.42 Å². The molecule has 1 aromatic rings. The molecule has 0 aromatic heterocycles. The highest BCUT2D eigenvalue weighted by atomic mass is 32.2. The van der Waals surface area contributed by atoms with Crippen molar-refractivity contribution in [2.24, 2.45) is 0 Å². The highest BCUT2D eigenvalue weighted by molar-refractivity contribution is 7.89. The molecule has 7 heteroatoms. The van der Waals surface area contributed by atoms with Gasteiger partial charge in [-0.2, -0.15) is 4.31 Å². The summed E-state index contributed by atoms with van der Waals surface area (Å²) in [5.41, 5.74) is 7.53. The van der Waals surface area contributed by atoms with Crippen molar-refractivity contribution in [2.75, 3.05) is 56.3 Å². The molecule has 112 valence electrons. The van der Waals surface area contributed by atoms with Crippen molar-refractivity contribution in [3.8, 4) is 0 Å². The second-order valence-electron chi connectivity index (χ2n) is 4.79. The Morgan fingerprint density at radius 3 is 2.55 bits per heavy atom. The molecule has 20 heavy (non-hydrogen) atoms. The average molecular weight is 299 g/mol. The quantitative estimate of drug-likeness (QED) is 0.795. The Bertz CT molecular complexity index is 540. The fraction of sp³-hybridized carbons (Fsp3) is 0.538. The first kappa shape index (κ1) is 15.1. The minimum absolute atomic E-state index is 0.0434. The summed E-state index contributed by atoms with van der Waals surface area (Å²) in [6.45, 7) is 2.59. The standard InChI is InChI=1S/C13H21N3O3S/c1-19-9-10-20(17,18)16-7-5-15(6-8-16)13-4-2-3-12(14)11-13/h2-4,11H,5-10,14H2,1H3. The van der Waals surface area contributed by atoms with Gasteiger partial charge in [0, 0.05) is 44.7 Å². The van der Waals surface area contributed by atoms with Crippen LogP contribution in [0.25, 0.3) is 0 Å². The fourth-order valence-electron chi connectivity index (χ4n) is 2.26. The van der Waals surface area contributed by atoms with Crippen LogP contribution in [0.5, 0.6) is 0 Å². The molecule has 0 radical (unpaired) electrons. The van der Waals surface area contributed by atoms with Crippen LogP contribution in [0.1, 0.15) is 0 Å². The van der Waals surface area contributed by atoms with Crippen molar-refractivity contribution in [1.82, 2.24) is 4.31 Å². The van der Waals surface area contributed by atoms with E-state index in [-0.39, 0.29) is 12.4 Å². The minimum atomic E-state index is -3.20. The lowest BCUT2D eigenvalue weighted by Gasteiger charge is -2.35. The van der Waals surface area contributed by atoms with E-state index in [0.29, 0.717) is 26.2 Å². The highest BCUT2D eigenvalue weighted by Gasteiger charge is 2.26. The van der Waals surface area contributed by atoms with Crippen LogP contribution >= 0.6 is 0 Å². The molecule has 1 saturated heterocycles. The van der Waals surface area contributed by atoms with Crippen LogP contribution in [0.4, 0.5) is 11.4 Å². The van der Waals surface area contributed by atoms with E-state index in [1.165, 1.54) is 11.4 Å². The molecule has 0 unspecified atom stereocenters. The fourth-order valence-corrected chi connectivity index (χ4v) is 3.62. The van der Waals surface area contributed by atoms with Gasteiger partial charge in [-0.15, -0.1) is 0 Å². The molecule has 1 aromatic carbocycles. The van der Waals surface area contributed by atoms with E-state index >= 15 is 0 Å². The molecule has 1 aliphatic heterocycles. The SMILES string of the molecule is COCCS(=O)(=O)N1CCN(c2cccc(N)c2)CC1. The van der Waals surface area contributed by atoms with Gasteiger partial charge in [0.1, 0.15) is 0 Å². The summed E-state index contributed by atoms with van der Waals surface area (Å²) in [6.07, 6.45) is 0. The van der Waals surface area contributed by atoms with Crippen molar-refractivity contribution < 1.29 is 13.2 Å². The third-order valence-corrected chi connectivity index (χ3v) is 5.25. The number of ether oxygens (including phenoxy) is 1. The lowest BCUT2D eigenvalue weighted by atomic mass is 10.2. The number of benzene rings is 1. The summed E-state index contributed by atoms with van der Waals surface area (Å²) in [4.78, 5) is 2.15. The summed E-state index contributed by atoms with van der Waals surface area (Å²) in [6, 6.07) is 7.65. The molecule has 1 fully saturated rings. The van der Waals surface area contributed by atoms with Crippen LogP contribution in [-0.4, -0.2) is 58.4 Å². The number of rotatable bonds is 5. The first-order valence-electron chi connectivity index (χ1n) is 6.60. The molecular weight excluding hydrogens is 278 g/mol. The van der Waals surface area contributed by atoms with Gasteiger partial charge in [-0.05, 0) is 18.2 Å². The molecule has 0 bridgehead atoms. The minimum Gasteiger partial charge on any atom is -0.399 e. The van der Waals surface area contributed by atoms with Gasteiger partial charge >= 0.3 is 0 Å². The zero-order valence-corrected chi connectivity index (χ0v) is 12.5.